The lowest BCUT2D eigenvalue weighted by Crippen LogP contribution is -2.25. The number of carbonyl (C=O) groups is 1. The molecule has 1 aliphatic carbocycles. The lowest BCUT2D eigenvalue weighted by molar-refractivity contribution is 0.0222. The van der Waals surface area contributed by atoms with Crippen LogP contribution in [0.4, 0.5) is 0 Å². The number of rotatable bonds is 2. The van der Waals surface area contributed by atoms with E-state index in [9.17, 15) is 9.90 Å². The zero-order valence-electron chi connectivity index (χ0n) is 15.4. The Morgan fingerprint density at radius 1 is 1.28 bits per heavy atom. The van der Waals surface area contributed by atoms with Crippen molar-refractivity contribution in [2.75, 3.05) is 0 Å². The highest BCUT2D eigenvalue weighted by atomic mass is 16.5. The maximum absolute atomic E-state index is 12.5. The van der Waals surface area contributed by atoms with E-state index < -0.39 is 0 Å². The first kappa shape index (κ1) is 19.0. The molecule has 0 fully saturated rings. The second-order valence-corrected chi connectivity index (χ2v) is 7.55. The summed E-state index contributed by atoms with van der Waals surface area (Å²) in [5.74, 6) is -0.214. The largest absolute Gasteiger partial charge is 0.508 e. The number of hydrogen-bond donors (Lipinski definition) is 1. The maximum atomic E-state index is 12.5. The van der Waals surface area contributed by atoms with Crippen LogP contribution in [0, 0.1) is 5.41 Å². The Kier molecular flexibility index (Phi) is 6.24. The number of aromatic hydroxyl groups is 1. The zero-order chi connectivity index (χ0) is 18.4. The fraction of sp³-hybridized carbons (Fsp3) is 0.409. The van der Waals surface area contributed by atoms with Crippen LogP contribution in [0.3, 0.4) is 0 Å². The molecular formula is C22H28O3. The summed E-state index contributed by atoms with van der Waals surface area (Å²) in [5.41, 5.74) is 2.72. The van der Waals surface area contributed by atoms with Crippen LogP contribution in [0.1, 0.15) is 56.8 Å². The van der Waals surface area contributed by atoms with E-state index in [1.165, 1.54) is 17.7 Å². The van der Waals surface area contributed by atoms with E-state index in [-0.39, 0.29) is 23.2 Å². The molecule has 1 N–H and O–H groups in total. The molecule has 1 aliphatic rings. The van der Waals surface area contributed by atoms with Gasteiger partial charge in [-0.2, -0.15) is 0 Å². The van der Waals surface area contributed by atoms with Gasteiger partial charge in [0.25, 0.3) is 0 Å². The van der Waals surface area contributed by atoms with E-state index in [1.54, 1.807) is 12.1 Å². The summed E-state index contributed by atoms with van der Waals surface area (Å²) >= 11 is 0. The van der Waals surface area contributed by atoms with Crippen molar-refractivity contribution >= 4 is 5.97 Å². The molecule has 1 aromatic carbocycles. The Morgan fingerprint density at radius 3 is 2.64 bits per heavy atom. The first-order valence-corrected chi connectivity index (χ1v) is 8.78. The third-order valence-corrected chi connectivity index (χ3v) is 4.41. The van der Waals surface area contributed by atoms with Crippen molar-refractivity contribution in [2.24, 2.45) is 5.41 Å². The van der Waals surface area contributed by atoms with E-state index in [0.29, 0.717) is 5.56 Å². The molecule has 25 heavy (non-hydrogen) atoms. The minimum absolute atomic E-state index is 0.0898. The molecule has 3 nitrogen and oxygen atoms in total. The summed E-state index contributed by atoms with van der Waals surface area (Å²) in [5, 5.41) is 9.36. The van der Waals surface area contributed by atoms with Gasteiger partial charge in [0.15, 0.2) is 0 Å². The average Bonchev–Trinajstić information content (AvgIpc) is 2.54. The Morgan fingerprint density at radius 2 is 1.96 bits per heavy atom. The number of benzene rings is 1. The summed E-state index contributed by atoms with van der Waals surface area (Å²) in [6.45, 7) is 10.5. The lowest BCUT2D eigenvalue weighted by Gasteiger charge is -2.27. The van der Waals surface area contributed by atoms with Gasteiger partial charge in [-0.3, -0.25) is 0 Å². The van der Waals surface area contributed by atoms with E-state index >= 15 is 0 Å². The summed E-state index contributed by atoms with van der Waals surface area (Å²) in [7, 11) is 0. The highest BCUT2D eigenvalue weighted by Crippen LogP contribution is 2.30. The number of carbonyl (C=O) groups excluding carboxylic acids is 1. The summed E-state index contributed by atoms with van der Waals surface area (Å²) in [6.07, 6.45) is 9.64. The highest BCUT2D eigenvalue weighted by Gasteiger charge is 2.25. The van der Waals surface area contributed by atoms with Gasteiger partial charge in [0.1, 0.15) is 11.9 Å². The Balaban J connectivity index is 2.18. The molecule has 0 heterocycles. The molecule has 0 amide bonds. The van der Waals surface area contributed by atoms with Crippen LogP contribution < -0.4 is 0 Å². The number of esters is 1. The molecule has 134 valence electrons. The van der Waals surface area contributed by atoms with Gasteiger partial charge >= 0.3 is 5.97 Å². The van der Waals surface area contributed by atoms with Gasteiger partial charge in [0.05, 0.1) is 5.56 Å². The standard InChI is InChI=1S/C22H28O3/c1-16-6-5-7-17(2)14-20(15-22(3,4)13-12-16)25-21(24)18-8-10-19(23)11-9-18/h7-13,20,23H,1,5-6,14-15H2,2-4H3/b13-12-,17-7+/t20-/m0/s1. The quantitative estimate of drug-likeness (QED) is 0.565. The van der Waals surface area contributed by atoms with E-state index in [4.69, 9.17) is 4.74 Å². The molecule has 1 aromatic rings. The van der Waals surface area contributed by atoms with Crippen molar-refractivity contribution < 1.29 is 14.6 Å². The molecule has 2 rings (SSSR count). The summed E-state index contributed by atoms with van der Waals surface area (Å²) < 4.78 is 5.81. The first-order chi connectivity index (χ1) is 11.7. The predicted octanol–water partition coefficient (Wildman–Crippen LogP) is 5.58. The number of allylic oxidation sites excluding steroid dienone is 4. The SMILES string of the molecule is C=C1/C=C\C(C)(C)C[C@@H](OC(=O)c2ccc(O)cc2)C/C(C)=C/CC1. The van der Waals surface area contributed by atoms with Crippen LogP contribution in [-0.4, -0.2) is 17.2 Å². The number of hydrogen-bond acceptors (Lipinski definition) is 3. The molecular weight excluding hydrogens is 312 g/mol. The third-order valence-electron chi connectivity index (χ3n) is 4.41. The molecule has 0 aromatic heterocycles. The van der Waals surface area contributed by atoms with Gasteiger partial charge in [-0.25, -0.2) is 4.79 Å². The molecule has 3 heteroatoms. The van der Waals surface area contributed by atoms with Gasteiger partial charge in [0, 0.05) is 6.42 Å². The zero-order valence-corrected chi connectivity index (χ0v) is 15.4. The lowest BCUT2D eigenvalue weighted by atomic mass is 9.84. The Bertz CT molecular complexity index is 678. The van der Waals surface area contributed by atoms with Crippen molar-refractivity contribution in [1.82, 2.24) is 0 Å². The maximum Gasteiger partial charge on any atom is 0.338 e. The van der Waals surface area contributed by atoms with Crippen LogP contribution >= 0.6 is 0 Å². The predicted molar refractivity (Wildman–Crippen MR) is 102 cm³/mol. The van der Waals surface area contributed by atoms with Crippen molar-refractivity contribution in [3.05, 3.63) is 65.8 Å². The molecule has 0 spiro atoms. The Hall–Kier alpha value is -2.29. The average molecular weight is 340 g/mol. The molecule has 0 aliphatic heterocycles. The van der Waals surface area contributed by atoms with Crippen molar-refractivity contribution in [3.63, 3.8) is 0 Å². The van der Waals surface area contributed by atoms with Gasteiger partial charge in [-0.1, -0.05) is 49.8 Å². The van der Waals surface area contributed by atoms with Crippen LogP contribution in [0.15, 0.2) is 60.2 Å². The van der Waals surface area contributed by atoms with Crippen molar-refractivity contribution in [2.45, 2.75) is 52.6 Å². The second kappa shape index (κ2) is 8.19. The third kappa shape index (κ3) is 6.26. The fourth-order valence-corrected chi connectivity index (χ4v) is 3.00. The number of phenols is 1. The Labute approximate surface area is 150 Å². The van der Waals surface area contributed by atoms with E-state index in [1.807, 2.05) is 0 Å². The normalized spacial score (nSPS) is 24.5. The van der Waals surface area contributed by atoms with Crippen molar-refractivity contribution in [3.8, 4) is 5.75 Å². The van der Waals surface area contributed by atoms with Gasteiger partial charge in [-0.05, 0) is 55.9 Å². The molecule has 1 atom stereocenters. The van der Waals surface area contributed by atoms with Crippen molar-refractivity contribution in [1.29, 1.82) is 0 Å². The second-order valence-electron chi connectivity index (χ2n) is 7.55. The number of phenolic OH excluding ortho intramolecular Hbond substituents is 1. The van der Waals surface area contributed by atoms with Crippen LogP contribution in [-0.2, 0) is 4.74 Å². The van der Waals surface area contributed by atoms with Crippen LogP contribution in [0.5, 0.6) is 5.75 Å². The minimum atomic E-state index is -0.350. The fourth-order valence-electron chi connectivity index (χ4n) is 3.00. The molecule has 0 saturated heterocycles. The molecule has 0 unspecified atom stereocenters. The highest BCUT2D eigenvalue weighted by molar-refractivity contribution is 5.89. The molecule has 0 saturated carbocycles. The van der Waals surface area contributed by atoms with Crippen LogP contribution in [0.25, 0.3) is 0 Å². The molecule has 0 radical (unpaired) electrons. The van der Waals surface area contributed by atoms with Gasteiger partial charge in [0.2, 0.25) is 0 Å². The summed E-state index contributed by atoms with van der Waals surface area (Å²) in [4.78, 5) is 12.5. The monoisotopic (exact) mass is 340 g/mol. The van der Waals surface area contributed by atoms with Gasteiger partial charge < -0.3 is 9.84 Å². The smallest absolute Gasteiger partial charge is 0.338 e. The summed E-state index contributed by atoms with van der Waals surface area (Å²) in [6, 6.07) is 6.16. The van der Waals surface area contributed by atoms with Crippen LogP contribution in [0.2, 0.25) is 0 Å². The first-order valence-electron chi connectivity index (χ1n) is 8.78. The number of ether oxygens (including phenoxy) is 1. The van der Waals surface area contributed by atoms with Gasteiger partial charge in [-0.15, -0.1) is 0 Å². The topological polar surface area (TPSA) is 46.5 Å². The van der Waals surface area contributed by atoms with E-state index in [2.05, 4.69) is 45.6 Å². The molecule has 0 bridgehead atoms. The van der Waals surface area contributed by atoms with E-state index in [0.717, 1.165) is 31.3 Å². The minimum Gasteiger partial charge on any atom is -0.508 e.